The Bertz CT molecular complexity index is 333. The van der Waals surface area contributed by atoms with Gasteiger partial charge in [-0.15, -0.1) is 0 Å². The number of nitrogens with two attached hydrogens (primary N) is 1. The molecule has 0 aliphatic carbocycles. The summed E-state index contributed by atoms with van der Waals surface area (Å²) in [5.74, 6) is 2.41. The molecule has 0 amide bonds. The molecular formula is C11H16ClNO3. The average molecular weight is 246 g/mol. The van der Waals surface area contributed by atoms with E-state index in [1.165, 1.54) is 0 Å². The molecule has 0 radical (unpaired) electrons. The summed E-state index contributed by atoms with van der Waals surface area (Å²) in [6.07, 6.45) is 0. The van der Waals surface area contributed by atoms with E-state index in [0.29, 0.717) is 19.8 Å². The quantitative estimate of drug-likeness (QED) is 0.577. The van der Waals surface area contributed by atoms with E-state index in [4.69, 9.17) is 14.2 Å². The fourth-order valence-corrected chi connectivity index (χ4v) is 1.41. The second kappa shape index (κ2) is 6.45. The lowest BCUT2D eigenvalue weighted by atomic mass is 10.3. The molecule has 0 unspecified atom stereocenters. The van der Waals surface area contributed by atoms with Crippen molar-refractivity contribution in [3.05, 3.63) is 18.2 Å². The molecule has 2 N–H and O–H groups in total. The van der Waals surface area contributed by atoms with Gasteiger partial charge in [0.2, 0.25) is 0 Å². The standard InChI is InChI=1S/C11H15NO3.ClH/c1-12-4-5-13-9-2-3-10-11(8-9)15-7-6-14-10;/h2-3,8,12H,4-7H2,1H3;1H. The number of likely N-dealkylation sites (N-methyl/N-ethyl adjacent to an activating group) is 1. The number of rotatable bonds is 4. The molecular weight excluding hydrogens is 230 g/mol. The Morgan fingerprint density at radius 2 is 2.00 bits per heavy atom. The minimum absolute atomic E-state index is 0. The Labute approximate surface area is 101 Å². The fourth-order valence-electron chi connectivity index (χ4n) is 1.41. The predicted molar refractivity (Wildman–Crippen MR) is 55.6 cm³/mol. The van der Waals surface area contributed by atoms with Gasteiger partial charge in [0.1, 0.15) is 32.1 Å². The van der Waals surface area contributed by atoms with E-state index in [9.17, 15) is 0 Å². The van der Waals surface area contributed by atoms with Gasteiger partial charge in [0, 0.05) is 6.07 Å². The average Bonchev–Trinajstić information content (AvgIpc) is 2.29. The second-order valence-corrected chi connectivity index (χ2v) is 3.35. The van der Waals surface area contributed by atoms with Crippen molar-refractivity contribution < 1.29 is 31.9 Å². The van der Waals surface area contributed by atoms with Gasteiger partial charge in [0.15, 0.2) is 11.5 Å². The van der Waals surface area contributed by atoms with Crippen molar-refractivity contribution in [2.45, 2.75) is 0 Å². The summed E-state index contributed by atoms with van der Waals surface area (Å²) >= 11 is 0. The third-order valence-corrected chi connectivity index (χ3v) is 2.19. The van der Waals surface area contributed by atoms with Crippen molar-refractivity contribution >= 4 is 0 Å². The summed E-state index contributed by atoms with van der Waals surface area (Å²) < 4.78 is 16.4. The van der Waals surface area contributed by atoms with Crippen LogP contribution in [0.5, 0.6) is 17.2 Å². The highest BCUT2D eigenvalue weighted by Gasteiger charge is 2.11. The number of halogens is 1. The van der Waals surface area contributed by atoms with Crippen LogP contribution in [0.4, 0.5) is 0 Å². The molecule has 1 heterocycles. The van der Waals surface area contributed by atoms with Crippen molar-refractivity contribution in [2.24, 2.45) is 0 Å². The molecule has 1 aromatic rings. The predicted octanol–water partition coefficient (Wildman–Crippen LogP) is -2.97. The third-order valence-electron chi connectivity index (χ3n) is 2.19. The van der Waals surface area contributed by atoms with Gasteiger partial charge in [-0.2, -0.15) is 0 Å². The van der Waals surface area contributed by atoms with Crippen molar-refractivity contribution in [3.63, 3.8) is 0 Å². The van der Waals surface area contributed by atoms with Gasteiger partial charge >= 0.3 is 0 Å². The maximum absolute atomic E-state index is 5.55. The van der Waals surface area contributed by atoms with Gasteiger partial charge in [-0.3, -0.25) is 0 Å². The summed E-state index contributed by atoms with van der Waals surface area (Å²) in [5, 5.41) is 2.08. The number of hydrogen-bond acceptors (Lipinski definition) is 3. The van der Waals surface area contributed by atoms with Gasteiger partial charge in [-0.05, 0) is 12.1 Å². The minimum atomic E-state index is 0. The van der Waals surface area contributed by atoms with Gasteiger partial charge < -0.3 is 31.9 Å². The maximum Gasteiger partial charge on any atom is 0.165 e. The maximum atomic E-state index is 5.55. The van der Waals surface area contributed by atoms with Crippen LogP contribution in [0.15, 0.2) is 18.2 Å². The highest BCUT2D eigenvalue weighted by molar-refractivity contribution is 5.46. The van der Waals surface area contributed by atoms with E-state index in [-0.39, 0.29) is 12.4 Å². The largest absolute Gasteiger partial charge is 1.00 e. The van der Waals surface area contributed by atoms with E-state index < -0.39 is 0 Å². The first-order valence-corrected chi connectivity index (χ1v) is 5.20. The van der Waals surface area contributed by atoms with Crippen molar-refractivity contribution in [1.82, 2.24) is 0 Å². The van der Waals surface area contributed by atoms with Crippen molar-refractivity contribution in [3.8, 4) is 17.2 Å². The third kappa shape index (κ3) is 3.18. The van der Waals surface area contributed by atoms with Crippen LogP contribution in [0, 0.1) is 0 Å². The van der Waals surface area contributed by atoms with Crippen LogP contribution in [0.3, 0.4) is 0 Å². The highest BCUT2D eigenvalue weighted by Crippen LogP contribution is 2.33. The van der Waals surface area contributed by atoms with E-state index in [0.717, 1.165) is 23.8 Å². The normalized spacial score (nSPS) is 12.8. The molecule has 0 fully saturated rings. The molecule has 4 nitrogen and oxygen atoms in total. The summed E-state index contributed by atoms with van der Waals surface area (Å²) in [6, 6.07) is 5.67. The van der Waals surface area contributed by atoms with Crippen LogP contribution < -0.4 is 31.9 Å². The minimum Gasteiger partial charge on any atom is -1.00 e. The molecule has 1 aliphatic heterocycles. The molecule has 0 saturated heterocycles. The molecule has 5 heteroatoms. The topological polar surface area (TPSA) is 44.3 Å². The van der Waals surface area contributed by atoms with Crippen LogP contribution in [-0.2, 0) is 0 Å². The Morgan fingerprint density at radius 3 is 2.75 bits per heavy atom. The van der Waals surface area contributed by atoms with Crippen LogP contribution >= 0.6 is 0 Å². The van der Waals surface area contributed by atoms with Crippen LogP contribution in [0.1, 0.15) is 0 Å². The monoisotopic (exact) mass is 245 g/mol. The highest BCUT2D eigenvalue weighted by atomic mass is 35.5. The zero-order chi connectivity index (χ0) is 10.5. The molecule has 0 saturated carbocycles. The van der Waals surface area contributed by atoms with Gasteiger partial charge in [0.25, 0.3) is 0 Å². The van der Waals surface area contributed by atoms with Crippen LogP contribution in [0.2, 0.25) is 0 Å². The molecule has 0 spiro atoms. The summed E-state index contributed by atoms with van der Waals surface area (Å²) in [7, 11) is 2.02. The van der Waals surface area contributed by atoms with Crippen LogP contribution in [0.25, 0.3) is 0 Å². The Kier molecular flexibility index (Phi) is 5.22. The van der Waals surface area contributed by atoms with E-state index in [2.05, 4.69) is 5.32 Å². The molecule has 16 heavy (non-hydrogen) atoms. The molecule has 1 aliphatic rings. The lowest BCUT2D eigenvalue weighted by Crippen LogP contribution is -3.00. The lowest BCUT2D eigenvalue weighted by Gasteiger charge is -2.18. The SMILES string of the molecule is C[NH2+]CCOc1ccc2c(c1)OCCO2.[Cl-]. The van der Waals surface area contributed by atoms with Crippen LogP contribution in [-0.4, -0.2) is 33.4 Å². The zero-order valence-corrected chi connectivity index (χ0v) is 10.00. The zero-order valence-electron chi connectivity index (χ0n) is 9.24. The molecule has 0 bridgehead atoms. The summed E-state index contributed by atoms with van der Waals surface area (Å²) in [5.41, 5.74) is 0. The Balaban J connectivity index is 0.00000128. The Morgan fingerprint density at radius 1 is 1.25 bits per heavy atom. The molecule has 1 aromatic carbocycles. The van der Waals surface area contributed by atoms with E-state index in [1.54, 1.807) is 0 Å². The summed E-state index contributed by atoms with van der Waals surface area (Å²) in [6.45, 7) is 2.89. The lowest BCUT2D eigenvalue weighted by molar-refractivity contribution is -0.627. The van der Waals surface area contributed by atoms with Gasteiger partial charge in [0.05, 0.1) is 7.05 Å². The van der Waals surface area contributed by atoms with Crippen molar-refractivity contribution in [2.75, 3.05) is 33.4 Å². The number of hydrogen-bond donors (Lipinski definition) is 1. The van der Waals surface area contributed by atoms with E-state index >= 15 is 0 Å². The molecule has 0 atom stereocenters. The Hall–Kier alpha value is -1.13. The first-order valence-electron chi connectivity index (χ1n) is 5.20. The van der Waals surface area contributed by atoms with Gasteiger partial charge in [-0.25, -0.2) is 0 Å². The first-order chi connectivity index (χ1) is 7.40. The number of fused-ring (bicyclic) bond motifs is 1. The fraction of sp³-hybridized carbons (Fsp3) is 0.455. The number of quaternary nitrogens is 1. The van der Waals surface area contributed by atoms with Gasteiger partial charge in [-0.1, -0.05) is 0 Å². The smallest absolute Gasteiger partial charge is 0.165 e. The molecule has 2 rings (SSSR count). The second-order valence-electron chi connectivity index (χ2n) is 3.35. The summed E-state index contributed by atoms with van der Waals surface area (Å²) in [4.78, 5) is 0. The molecule has 0 aromatic heterocycles. The number of ether oxygens (including phenoxy) is 3. The van der Waals surface area contributed by atoms with Crippen molar-refractivity contribution in [1.29, 1.82) is 0 Å². The number of benzene rings is 1. The van der Waals surface area contributed by atoms with E-state index in [1.807, 2.05) is 25.2 Å². The first kappa shape index (κ1) is 12.9. The molecule has 90 valence electrons.